The molecule has 2 aliphatic heterocycles. The molecule has 0 bridgehead atoms. The van der Waals surface area contributed by atoms with Gasteiger partial charge in [-0.1, -0.05) is 0 Å². The van der Waals surface area contributed by atoms with Gasteiger partial charge in [-0.3, -0.25) is 19.9 Å². The van der Waals surface area contributed by atoms with E-state index in [1.165, 1.54) is 5.56 Å². The molecule has 0 saturated carbocycles. The number of carbonyl (C=O) groups is 2. The van der Waals surface area contributed by atoms with Crippen molar-refractivity contribution < 1.29 is 9.59 Å². The number of piperidine rings is 1. The summed E-state index contributed by atoms with van der Waals surface area (Å²) in [6.07, 6.45) is 9.19. The zero-order chi connectivity index (χ0) is 23.3. The molecule has 5 heterocycles. The number of pyridine rings is 1. The molecule has 0 unspecified atom stereocenters. The minimum Gasteiger partial charge on any atom is -0.360 e. The Morgan fingerprint density at radius 2 is 2.00 bits per heavy atom. The first-order valence-electron chi connectivity index (χ1n) is 11.3. The van der Waals surface area contributed by atoms with Crippen LogP contribution in [-0.4, -0.2) is 50.7 Å². The van der Waals surface area contributed by atoms with Crippen molar-refractivity contribution in [2.45, 2.75) is 19.4 Å². The van der Waals surface area contributed by atoms with E-state index >= 15 is 0 Å². The fourth-order valence-corrected chi connectivity index (χ4v) is 4.80. The number of nitrogens with zero attached hydrogens (tertiary/aromatic N) is 4. The molecular formula is C24H25N7O2S. The smallest absolute Gasteiger partial charge is 0.290 e. The molecule has 2 aliphatic rings. The first-order chi connectivity index (χ1) is 16.6. The number of aromatic nitrogens is 4. The third-order valence-corrected chi connectivity index (χ3v) is 6.75. The molecule has 0 radical (unpaired) electrons. The van der Waals surface area contributed by atoms with Crippen LogP contribution in [0, 0.1) is 5.92 Å². The van der Waals surface area contributed by atoms with E-state index in [-0.39, 0.29) is 11.1 Å². The molecule has 174 valence electrons. The molecule has 3 aromatic rings. The van der Waals surface area contributed by atoms with Crippen LogP contribution in [0.3, 0.4) is 0 Å². The second-order valence-corrected chi connectivity index (χ2v) is 9.34. The van der Waals surface area contributed by atoms with Crippen molar-refractivity contribution in [3.63, 3.8) is 0 Å². The first-order valence-corrected chi connectivity index (χ1v) is 12.1. The predicted octanol–water partition coefficient (Wildman–Crippen LogP) is 3.20. The lowest BCUT2D eigenvalue weighted by molar-refractivity contribution is -0.115. The van der Waals surface area contributed by atoms with Crippen molar-refractivity contribution in [1.82, 2.24) is 30.6 Å². The second kappa shape index (κ2) is 10.2. The Kier molecular flexibility index (Phi) is 6.68. The van der Waals surface area contributed by atoms with Crippen LogP contribution in [0.2, 0.25) is 0 Å². The largest absolute Gasteiger partial charge is 0.360 e. The number of aromatic amines is 1. The number of hydrogen-bond acceptors (Lipinski definition) is 8. The molecule has 3 aromatic heterocycles. The van der Waals surface area contributed by atoms with E-state index in [0.29, 0.717) is 22.5 Å². The zero-order valence-electron chi connectivity index (χ0n) is 18.5. The van der Waals surface area contributed by atoms with Gasteiger partial charge in [0.1, 0.15) is 0 Å². The highest BCUT2D eigenvalue weighted by molar-refractivity contribution is 8.18. The van der Waals surface area contributed by atoms with Crippen LogP contribution in [0.4, 0.5) is 10.7 Å². The molecule has 2 amide bonds. The van der Waals surface area contributed by atoms with Crippen LogP contribution < -0.4 is 15.5 Å². The minimum atomic E-state index is -0.379. The lowest BCUT2D eigenvalue weighted by Crippen LogP contribution is -2.38. The van der Waals surface area contributed by atoms with Crippen LogP contribution in [-0.2, 0) is 11.3 Å². The minimum absolute atomic E-state index is 0.355. The van der Waals surface area contributed by atoms with E-state index in [0.717, 1.165) is 62.2 Å². The Balaban J connectivity index is 1.11. The Morgan fingerprint density at radius 1 is 1.15 bits per heavy atom. The molecule has 2 saturated heterocycles. The van der Waals surface area contributed by atoms with Gasteiger partial charge >= 0.3 is 0 Å². The fraction of sp³-hybridized carbons (Fsp3) is 0.292. The van der Waals surface area contributed by atoms with Crippen LogP contribution in [0.15, 0.2) is 53.8 Å². The zero-order valence-corrected chi connectivity index (χ0v) is 19.3. The van der Waals surface area contributed by atoms with Gasteiger partial charge in [0.25, 0.3) is 11.1 Å². The Morgan fingerprint density at radius 3 is 2.76 bits per heavy atom. The Labute approximate surface area is 201 Å². The number of H-pyrrole nitrogens is 1. The molecule has 3 N–H and O–H groups in total. The van der Waals surface area contributed by atoms with Gasteiger partial charge in [-0.05, 0) is 79.0 Å². The third-order valence-electron chi connectivity index (χ3n) is 5.94. The molecule has 5 rings (SSSR count). The van der Waals surface area contributed by atoms with Crippen LogP contribution in [0.25, 0.3) is 17.5 Å². The van der Waals surface area contributed by atoms with Crippen LogP contribution in [0.1, 0.15) is 24.1 Å². The van der Waals surface area contributed by atoms with Gasteiger partial charge in [-0.15, -0.1) is 0 Å². The van der Waals surface area contributed by atoms with Crippen molar-refractivity contribution in [2.75, 3.05) is 24.5 Å². The summed E-state index contributed by atoms with van der Waals surface area (Å²) >= 11 is 0.892. The lowest BCUT2D eigenvalue weighted by Gasteiger charge is -2.32. The summed E-state index contributed by atoms with van der Waals surface area (Å²) in [5.41, 5.74) is 3.81. The SMILES string of the molecule is O=C1NC(=O)/C(=C/c2ccnc(N3CCC(CNCc4ccnc(-c5ccc[nH]5)c4)CC3)n2)S1. The number of thioether (sulfide) groups is 1. The maximum Gasteiger partial charge on any atom is 0.290 e. The summed E-state index contributed by atoms with van der Waals surface area (Å²) in [5.74, 6) is 0.871. The van der Waals surface area contributed by atoms with Gasteiger partial charge < -0.3 is 15.2 Å². The highest BCUT2D eigenvalue weighted by Crippen LogP contribution is 2.26. The van der Waals surface area contributed by atoms with Gasteiger partial charge in [-0.25, -0.2) is 9.97 Å². The monoisotopic (exact) mass is 475 g/mol. The number of hydrogen-bond donors (Lipinski definition) is 3. The first kappa shape index (κ1) is 22.3. The van der Waals surface area contributed by atoms with Crippen LogP contribution in [0.5, 0.6) is 0 Å². The maximum absolute atomic E-state index is 11.8. The normalized spacial score (nSPS) is 18.0. The summed E-state index contributed by atoms with van der Waals surface area (Å²) in [6.45, 7) is 3.53. The number of carbonyl (C=O) groups excluding carboxylic acids is 2. The fourth-order valence-electron chi connectivity index (χ4n) is 4.13. The van der Waals surface area contributed by atoms with Crippen molar-refractivity contribution >= 4 is 34.9 Å². The topological polar surface area (TPSA) is 116 Å². The Hall–Kier alpha value is -3.50. The predicted molar refractivity (Wildman–Crippen MR) is 132 cm³/mol. The molecule has 0 spiro atoms. The second-order valence-electron chi connectivity index (χ2n) is 8.33. The van der Waals surface area contributed by atoms with Gasteiger partial charge in [0.2, 0.25) is 5.95 Å². The van der Waals surface area contributed by atoms with E-state index in [4.69, 9.17) is 0 Å². The summed E-state index contributed by atoms with van der Waals surface area (Å²) in [5, 5.41) is 5.50. The van der Waals surface area contributed by atoms with E-state index in [1.54, 1.807) is 18.3 Å². The molecule has 34 heavy (non-hydrogen) atoms. The van der Waals surface area contributed by atoms with E-state index < -0.39 is 0 Å². The van der Waals surface area contributed by atoms with Crippen molar-refractivity contribution in [3.05, 3.63) is 65.1 Å². The quantitative estimate of drug-likeness (QED) is 0.446. The molecule has 0 atom stereocenters. The number of imide groups is 1. The highest BCUT2D eigenvalue weighted by Gasteiger charge is 2.25. The third kappa shape index (κ3) is 5.35. The van der Waals surface area contributed by atoms with Crippen LogP contribution >= 0.6 is 11.8 Å². The van der Waals surface area contributed by atoms with Crippen molar-refractivity contribution in [1.29, 1.82) is 0 Å². The van der Waals surface area contributed by atoms with E-state index in [2.05, 4.69) is 41.5 Å². The number of rotatable bonds is 7. The van der Waals surface area contributed by atoms with Crippen molar-refractivity contribution in [3.8, 4) is 11.4 Å². The van der Waals surface area contributed by atoms with E-state index in [1.807, 2.05) is 30.6 Å². The standard InChI is InChI=1S/C24H25N7O2S/c32-22-21(34-24(33)30-22)13-18-4-9-28-23(29-18)31-10-5-16(6-11-31)14-25-15-17-3-8-27-20(12-17)19-2-1-7-26-19/h1-4,7-9,12-13,16,25-26H,5-6,10-11,14-15H2,(H,30,32,33)/b21-13-. The average molecular weight is 476 g/mol. The van der Waals surface area contributed by atoms with Gasteiger partial charge in [0.05, 0.1) is 22.0 Å². The number of amides is 2. The molecule has 10 heteroatoms. The summed E-state index contributed by atoms with van der Waals surface area (Å²) in [6, 6.07) is 9.90. The van der Waals surface area contributed by atoms with Gasteiger partial charge in [0, 0.05) is 38.2 Å². The summed E-state index contributed by atoms with van der Waals surface area (Å²) < 4.78 is 0. The molecular weight excluding hydrogens is 450 g/mol. The lowest BCUT2D eigenvalue weighted by atomic mass is 9.97. The molecule has 0 aliphatic carbocycles. The number of nitrogens with one attached hydrogen (secondary N) is 3. The molecule has 0 aromatic carbocycles. The highest BCUT2D eigenvalue weighted by atomic mass is 32.2. The average Bonchev–Trinajstić information content (AvgIpc) is 3.50. The summed E-state index contributed by atoms with van der Waals surface area (Å²) in [7, 11) is 0. The maximum atomic E-state index is 11.8. The molecule has 2 fully saturated rings. The summed E-state index contributed by atoms with van der Waals surface area (Å²) in [4.78, 5) is 42.3. The Bertz CT molecular complexity index is 1200. The van der Waals surface area contributed by atoms with E-state index in [9.17, 15) is 9.59 Å². The number of anilines is 1. The van der Waals surface area contributed by atoms with Gasteiger partial charge in [0.15, 0.2) is 0 Å². The van der Waals surface area contributed by atoms with Gasteiger partial charge in [-0.2, -0.15) is 0 Å². The van der Waals surface area contributed by atoms with Crippen molar-refractivity contribution in [2.24, 2.45) is 5.92 Å². The molecule has 9 nitrogen and oxygen atoms in total.